The van der Waals surface area contributed by atoms with Gasteiger partial charge in [-0.05, 0) is 23.8 Å². The van der Waals surface area contributed by atoms with Crippen molar-refractivity contribution in [1.82, 2.24) is 0 Å². The lowest BCUT2D eigenvalue weighted by molar-refractivity contribution is 0.494. The van der Waals surface area contributed by atoms with Gasteiger partial charge in [-0.15, -0.1) is 0 Å². The largest absolute Gasteiger partial charge is 0.399 e. The summed E-state index contributed by atoms with van der Waals surface area (Å²) in [6.07, 6.45) is 1.29. The van der Waals surface area contributed by atoms with Gasteiger partial charge in [0.15, 0.2) is 0 Å². The molecule has 0 saturated heterocycles. The van der Waals surface area contributed by atoms with E-state index < -0.39 is 10.1 Å². The lowest BCUT2D eigenvalue weighted by Crippen LogP contribution is -1.89. The summed E-state index contributed by atoms with van der Waals surface area (Å²) >= 11 is 0. The summed E-state index contributed by atoms with van der Waals surface area (Å²) in [5.41, 5.74) is 6.68. The molecule has 1 aromatic rings. The molecule has 0 fully saturated rings. The third-order valence-electron chi connectivity index (χ3n) is 1.37. The molecule has 0 bridgehead atoms. The third-order valence-corrected chi connectivity index (χ3v) is 1.85. The molecule has 0 unspecified atom stereocenters. The van der Waals surface area contributed by atoms with E-state index >= 15 is 0 Å². The van der Waals surface area contributed by atoms with Crippen molar-refractivity contribution in [3.63, 3.8) is 0 Å². The summed E-state index contributed by atoms with van der Waals surface area (Å²) in [4.78, 5) is 0. The van der Waals surface area contributed by atoms with E-state index in [1.54, 1.807) is 24.3 Å². The lowest BCUT2D eigenvalue weighted by atomic mass is 10.2. The molecular weight excluding hydrogens is 190 g/mol. The van der Waals surface area contributed by atoms with Crippen molar-refractivity contribution in [2.45, 2.75) is 0 Å². The molecule has 13 heavy (non-hydrogen) atoms. The topological polar surface area (TPSA) is 80.4 Å². The summed E-state index contributed by atoms with van der Waals surface area (Å²) in [5, 5.41) is 0.721. The molecule has 0 aliphatic carbocycles. The predicted molar refractivity (Wildman–Crippen MR) is 51.4 cm³/mol. The fourth-order valence-corrected chi connectivity index (χ4v) is 1.10. The summed E-state index contributed by atoms with van der Waals surface area (Å²) in [6, 6.07) is 6.58. The molecule has 5 heteroatoms. The van der Waals surface area contributed by atoms with Gasteiger partial charge in [0.05, 0.1) is 5.41 Å². The van der Waals surface area contributed by atoms with Crippen molar-refractivity contribution < 1.29 is 13.0 Å². The average Bonchev–Trinajstić information content (AvgIpc) is 2.02. The first-order valence-corrected chi connectivity index (χ1v) is 4.99. The molecular formula is C8H9NO3S. The van der Waals surface area contributed by atoms with E-state index in [4.69, 9.17) is 10.3 Å². The maximum Gasteiger partial charge on any atom is 0.287 e. The van der Waals surface area contributed by atoms with Crippen LogP contribution in [0.1, 0.15) is 5.56 Å². The predicted octanol–water partition coefficient (Wildman–Crippen LogP) is 1.13. The lowest BCUT2D eigenvalue weighted by Gasteiger charge is -1.93. The molecule has 1 rings (SSSR count). The van der Waals surface area contributed by atoms with Crippen LogP contribution in [0, 0.1) is 0 Å². The van der Waals surface area contributed by atoms with Crippen LogP contribution in [0.4, 0.5) is 5.69 Å². The van der Waals surface area contributed by atoms with Gasteiger partial charge in [0.2, 0.25) is 0 Å². The Morgan fingerprint density at radius 1 is 1.23 bits per heavy atom. The zero-order valence-corrected chi connectivity index (χ0v) is 7.53. The van der Waals surface area contributed by atoms with Crippen LogP contribution in [0.3, 0.4) is 0 Å². The minimum atomic E-state index is -4.04. The molecule has 0 atom stereocenters. The fraction of sp³-hybridized carbons (Fsp3) is 0. The molecule has 0 aliphatic rings. The van der Waals surface area contributed by atoms with Crippen LogP contribution < -0.4 is 5.73 Å². The summed E-state index contributed by atoms with van der Waals surface area (Å²) in [7, 11) is -4.04. The van der Waals surface area contributed by atoms with E-state index in [-0.39, 0.29) is 0 Å². The van der Waals surface area contributed by atoms with Gasteiger partial charge in [-0.25, -0.2) is 0 Å². The van der Waals surface area contributed by atoms with Crippen LogP contribution in [0.5, 0.6) is 0 Å². The Morgan fingerprint density at radius 2 is 1.77 bits per heavy atom. The second-order valence-electron chi connectivity index (χ2n) is 2.48. The molecule has 0 aliphatic heterocycles. The number of benzene rings is 1. The zero-order valence-electron chi connectivity index (χ0n) is 6.71. The Labute approximate surface area is 76.4 Å². The number of anilines is 1. The molecule has 4 nitrogen and oxygen atoms in total. The van der Waals surface area contributed by atoms with Crippen molar-refractivity contribution >= 4 is 21.9 Å². The highest BCUT2D eigenvalue weighted by Gasteiger charge is 1.95. The van der Waals surface area contributed by atoms with Crippen LogP contribution in [-0.4, -0.2) is 13.0 Å². The van der Waals surface area contributed by atoms with E-state index in [2.05, 4.69) is 0 Å². The van der Waals surface area contributed by atoms with Gasteiger partial charge in [-0.1, -0.05) is 12.1 Å². The van der Waals surface area contributed by atoms with Crippen molar-refractivity contribution in [3.05, 3.63) is 35.2 Å². The Hall–Kier alpha value is -1.33. The summed E-state index contributed by atoms with van der Waals surface area (Å²) in [6.45, 7) is 0. The maximum atomic E-state index is 10.3. The third kappa shape index (κ3) is 3.73. The van der Waals surface area contributed by atoms with Crippen LogP contribution in [0.2, 0.25) is 0 Å². The zero-order chi connectivity index (χ0) is 9.90. The van der Waals surface area contributed by atoms with Crippen molar-refractivity contribution in [1.29, 1.82) is 0 Å². The number of nitrogen functional groups attached to an aromatic ring is 1. The van der Waals surface area contributed by atoms with Crippen molar-refractivity contribution in [2.24, 2.45) is 0 Å². The van der Waals surface area contributed by atoms with Gasteiger partial charge in [0.25, 0.3) is 10.1 Å². The number of hydrogen-bond donors (Lipinski definition) is 2. The SMILES string of the molecule is Nc1ccc(C=CS(=O)(=O)O)cc1. The van der Waals surface area contributed by atoms with Crippen LogP contribution in [0.25, 0.3) is 6.08 Å². The Morgan fingerprint density at radius 3 is 2.23 bits per heavy atom. The second kappa shape index (κ2) is 3.59. The van der Waals surface area contributed by atoms with Crippen molar-refractivity contribution in [2.75, 3.05) is 5.73 Å². The highest BCUT2D eigenvalue weighted by atomic mass is 32.2. The molecule has 0 amide bonds. The minimum Gasteiger partial charge on any atom is -0.399 e. The molecule has 1 aromatic carbocycles. The van der Waals surface area contributed by atoms with E-state index in [0.29, 0.717) is 11.3 Å². The van der Waals surface area contributed by atoms with Gasteiger partial charge in [0.1, 0.15) is 0 Å². The quantitative estimate of drug-likeness (QED) is 0.552. The molecule has 0 spiro atoms. The van der Waals surface area contributed by atoms with Gasteiger partial charge in [-0.3, -0.25) is 4.55 Å². The van der Waals surface area contributed by atoms with Gasteiger partial charge < -0.3 is 5.73 Å². The highest BCUT2D eigenvalue weighted by Crippen LogP contribution is 2.07. The molecule has 0 heterocycles. The smallest absolute Gasteiger partial charge is 0.287 e. The standard InChI is InChI=1S/C8H9NO3S/c9-8-3-1-7(2-4-8)5-6-13(10,11)12/h1-6H,9H2,(H,10,11,12). The Kier molecular flexibility index (Phi) is 2.69. The first-order valence-electron chi connectivity index (χ1n) is 3.48. The monoisotopic (exact) mass is 199 g/mol. The summed E-state index contributed by atoms with van der Waals surface area (Å²) in [5.74, 6) is 0. The molecule has 0 saturated carbocycles. The Balaban J connectivity index is 2.88. The minimum absolute atomic E-state index is 0.601. The number of rotatable bonds is 2. The van der Waals surface area contributed by atoms with Gasteiger partial charge in [-0.2, -0.15) is 8.42 Å². The normalized spacial score (nSPS) is 12.1. The van der Waals surface area contributed by atoms with Crippen LogP contribution >= 0.6 is 0 Å². The molecule has 0 radical (unpaired) electrons. The molecule has 0 aromatic heterocycles. The molecule has 3 N–H and O–H groups in total. The van der Waals surface area contributed by atoms with E-state index in [9.17, 15) is 8.42 Å². The first kappa shape index (κ1) is 9.76. The van der Waals surface area contributed by atoms with Crippen LogP contribution in [0.15, 0.2) is 29.7 Å². The van der Waals surface area contributed by atoms with E-state index in [1.165, 1.54) is 6.08 Å². The molecule has 70 valence electrons. The highest BCUT2D eigenvalue weighted by molar-refractivity contribution is 7.88. The van der Waals surface area contributed by atoms with E-state index in [0.717, 1.165) is 5.41 Å². The average molecular weight is 199 g/mol. The van der Waals surface area contributed by atoms with E-state index in [1.807, 2.05) is 0 Å². The number of hydrogen-bond acceptors (Lipinski definition) is 3. The maximum absolute atomic E-state index is 10.3. The van der Waals surface area contributed by atoms with Crippen LogP contribution in [-0.2, 0) is 10.1 Å². The first-order chi connectivity index (χ1) is 5.97. The van der Waals surface area contributed by atoms with Crippen molar-refractivity contribution in [3.8, 4) is 0 Å². The summed E-state index contributed by atoms with van der Waals surface area (Å²) < 4.78 is 29.0. The number of nitrogens with two attached hydrogens (primary N) is 1. The van der Waals surface area contributed by atoms with Gasteiger partial charge in [0, 0.05) is 5.69 Å². The second-order valence-corrected chi connectivity index (χ2v) is 3.79. The Bertz CT molecular complexity index is 406. The van der Waals surface area contributed by atoms with Gasteiger partial charge >= 0.3 is 0 Å². The fourth-order valence-electron chi connectivity index (χ4n) is 0.772.